The van der Waals surface area contributed by atoms with E-state index in [1.54, 1.807) is 25.1 Å². The number of carbonyl (C=O) groups excluding carboxylic acids is 1. The first-order valence-electron chi connectivity index (χ1n) is 8.92. The summed E-state index contributed by atoms with van der Waals surface area (Å²) in [5, 5.41) is 15.5. The first-order chi connectivity index (χ1) is 13.3. The standard InChI is InChI=1S/C21H21Cl2NO4/c1-5-27-21(26)16-19(15-10(2)17(22)12(4)18(23)11(15)3)24-28-20(16)13-8-6-7-9-14(13)25/h6-9,16,20,25H,5H2,1-4H3/t16-,20-/m1/s1. The highest BCUT2D eigenvalue weighted by Gasteiger charge is 2.45. The molecule has 0 aromatic heterocycles. The van der Waals surface area contributed by atoms with Crippen LogP contribution in [0.1, 0.15) is 40.8 Å². The van der Waals surface area contributed by atoms with Crippen LogP contribution in [-0.2, 0) is 14.4 Å². The molecule has 0 radical (unpaired) electrons. The lowest BCUT2D eigenvalue weighted by atomic mass is 9.84. The van der Waals surface area contributed by atoms with Gasteiger partial charge in [-0.15, -0.1) is 0 Å². The van der Waals surface area contributed by atoms with E-state index in [9.17, 15) is 9.90 Å². The molecule has 3 rings (SSSR count). The number of carbonyl (C=O) groups is 1. The molecule has 1 heterocycles. The summed E-state index contributed by atoms with van der Waals surface area (Å²) in [7, 11) is 0. The Kier molecular flexibility index (Phi) is 5.87. The fourth-order valence-corrected chi connectivity index (χ4v) is 3.98. The average Bonchev–Trinajstić information content (AvgIpc) is 3.10. The van der Waals surface area contributed by atoms with Crippen LogP contribution >= 0.6 is 23.2 Å². The highest BCUT2D eigenvalue weighted by Crippen LogP contribution is 2.43. The van der Waals surface area contributed by atoms with Crippen molar-refractivity contribution < 1.29 is 19.5 Å². The van der Waals surface area contributed by atoms with Gasteiger partial charge >= 0.3 is 5.97 Å². The first kappa shape index (κ1) is 20.5. The molecule has 0 unspecified atom stereocenters. The summed E-state index contributed by atoms with van der Waals surface area (Å²) in [4.78, 5) is 18.5. The predicted octanol–water partition coefficient (Wildman–Crippen LogP) is 5.28. The molecule has 0 saturated heterocycles. The third-order valence-corrected chi connectivity index (χ3v) is 6.10. The van der Waals surface area contributed by atoms with E-state index >= 15 is 0 Å². The van der Waals surface area contributed by atoms with Crippen LogP contribution in [0.4, 0.5) is 0 Å². The van der Waals surface area contributed by atoms with Gasteiger partial charge in [0, 0.05) is 21.2 Å². The number of benzene rings is 2. The molecule has 0 spiro atoms. The Balaban J connectivity index is 2.17. The van der Waals surface area contributed by atoms with Crippen LogP contribution in [0.25, 0.3) is 0 Å². The van der Waals surface area contributed by atoms with Gasteiger partial charge in [-0.3, -0.25) is 4.79 Å². The van der Waals surface area contributed by atoms with Crippen molar-refractivity contribution in [1.29, 1.82) is 0 Å². The molecule has 0 bridgehead atoms. The number of phenols is 1. The van der Waals surface area contributed by atoms with E-state index in [0.29, 0.717) is 26.9 Å². The van der Waals surface area contributed by atoms with Gasteiger partial charge in [0.2, 0.25) is 0 Å². The van der Waals surface area contributed by atoms with Crippen molar-refractivity contribution in [3.63, 3.8) is 0 Å². The van der Waals surface area contributed by atoms with Crippen LogP contribution < -0.4 is 0 Å². The summed E-state index contributed by atoms with van der Waals surface area (Å²) < 4.78 is 5.29. The Morgan fingerprint density at radius 1 is 1.14 bits per heavy atom. The number of aromatic hydroxyl groups is 1. The summed E-state index contributed by atoms with van der Waals surface area (Å²) in [5.41, 5.74) is 3.80. The topological polar surface area (TPSA) is 68.1 Å². The first-order valence-corrected chi connectivity index (χ1v) is 9.68. The Bertz CT molecular complexity index is 942. The monoisotopic (exact) mass is 421 g/mol. The van der Waals surface area contributed by atoms with Crippen molar-refractivity contribution >= 4 is 34.9 Å². The van der Waals surface area contributed by atoms with E-state index in [1.807, 2.05) is 20.8 Å². The summed E-state index contributed by atoms with van der Waals surface area (Å²) in [6.45, 7) is 7.49. The molecule has 148 valence electrons. The van der Waals surface area contributed by atoms with Gasteiger partial charge in [0.1, 0.15) is 17.4 Å². The number of ether oxygens (including phenoxy) is 1. The Hall–Kier alpha value is -2.24. The minimum Gasteiger partial charge on any atom is -0.508 e. The normalized spacial score (nSPS) is 18.6. The van der Waals surface area contributed by atoms with Crippen molar-refractivity contribution in [2.45, 2.75) is 33.8 Å². The van der Waals surface area contributed by atoms with Gasteiger partial charge in [-0.1, -0.05) is 46.6 Å². The molecule has 28 heavy (non-hydrogen) atoms. The SMILES string of the molecule is CCOC(=O)[C@@H]1C(c2c(C)c(Cl)c(C)c(Cl)c2C)=NO[C@@H]1c1ccccc1O. The molecule has 2 aromatic carbocycles. The van der Waals surface area contributed by atoms with Crippen molar-refractivity contribution in [1.82, 2.24) is 0 Å². The Morgan fingerprint density at radius 2 is 1.75 bits per heavy atom. The molecule has 1 aliphatic rings. The van der Waals surface area contributed by atoms with Gasteiger partial charge in [-0.2, -0.15) is 0 Å². The lowest BCUT2D eigenvalue weighted by Crippen LogP contribution is -2.30. The second-order valence-corrected chi connectivity index (χ2v) is 7.42. The maximum Gasteiger partial charge on any atom is 0.319 e. The van der Waals surface area contributed by atoms with Crippen LogP contribution in [0.2, 0.25) is 10.0 Å². The van der Waals surface area contributed by atoms with Crippen LogP contribution in [0.5, 0.6) is 5.75 Å². The summed E-state index contributed by atoms with van der Waals surface area (Å²) in [6.07, 6.45) is -0.812. The number of rotatable bonds is 4. The van der Waals surface area contributed by atoms with Crippen LogP contribution in [0, 0.1) is 26.7 Å². The zero-order chi connectivity index (χ0) is 20.6. The van der Waals surface area contributed by atoms with E-state index in [0.717, 1.165) is 16.7 Å². The number of nitrogens with zero attached hydrogens (tertiary/aromatic N) is 1. The maximum absolute atomic E-state index is 12.9. The molecule has 0 saturated carbocycles. The Labute approximate surface area is 173 Å². The highest BCUT2D eigenvalue weighted by atomic mass is 35.5. The van der Waals surface area contributed by atoms with Crippen molar-refractivity contribution in [3.05, 3.63) is 62.1 Å². The van der Waals surface area contributed by atoms with Crippen LogP contribution in [0.15, 0.2) is 29.4 Å². The molecule has 5 nitrogen and oxygen atoms in total. The second kappa shape index (κ2) is 8.02. The van der Waals surface area contributed by atoms with Gasteiger partial charge in [0.15, 0.2) is 6.10 Å². The molecule has 7 heteroatoms. The number of hydrogen-bond donors (Lipinski definition) is 1. The molecule has 1 aliphatic heterocycles. The summed E-state index contributed by atoms with van der Waals surface area (Å²) in [6, 6.07) is 6.69. The minimum absolute atomic E-state index is 0.0201. The van der Waals surface area contributed by atoms with Gasteiger partial charge in [0.05, 0.1) is 6.61 Å². The number of oxime groups is 1. The zero-order valence-corrected chi connectivity index (χ0v) is 17.6. The number of phenolic OH excluding ortho intramolecular Hbond substituents is 1. The van der Waals surface area contributed by atoms with E-state index < -0.39 is 18.0 Å². The van der Waals surface area contributed by atoms with Crippen LogP contribution in [0.3, 0.4) is 0 Å². The van der Waals surface area contributed by atoms with Crippen molar-refractivity contribution in [2.75, 3.05) is 6.61 Å². The largest absolute Gasteiger partial charge is 0.508 e. The predicted molar refractivity (Wildman–Crippen MR) is 109 cm³/mol. The molecule has 2 aromatic rings. The molecule has 0 amide bonds. The minimum atomic E-state index is -0.861. The molecule has 0 aliphatic carbocycles. The van der Waals surface area contributed by atoms with Gasteiger partial charge in [-0.25, -0.2) is 0 Å². The smallest absolute Gasteiger partial charge is 0.319 e. The van der Waals surface area contributed by atoms with Gasteiger partial charge in [0.25, 0.3) is 0 Å². The van der Waals surface area contributed by atoms with Crippen LogP contribution in [-0.4, -0.2) is 23.4 Å². The third kappa shape index (κ3) is 3.33. The molecular formula is C21H21Cl2NO4. The summed E-state index contributed by atoms with van der Waals surface area (Å²) in [5.74, 6) is -1.33. The molecule has 2 atom stereocenters. The maximum atomic E-state index is 12.9. The zero-order valence-electron chi connectivity index (χ0n) is 16.0. The van der Waals surface area contributed by atoms with E-state index in [4.69, 9.17) is 32.8 Å². The molecular weight excluding hydrogens is 401 g/mol. The van der Waals surface area contributed by atoms with E-state index in [-0.39, 0.29) is 12.4 Å². The molecule has 0 fully saturated rings. The third-order valence-electron chi connectivity index (χ3n) is 4.97. The second-order valence-electron chi connectivity index (χ2n) is 6.67. The highest BCUT2D eigenvalue weighted by molar-refractivity contribution is 6.38. The lowest BCUT2D eigenvalue weighted by Gasteiger charge is -2.21. The Morgan fingerprint density at radius 3 is 2.32 bits per heavy atom. The summed E-state index contributed by atoms with van der Waals surface area (Å²) >= 11 is 12.9. The van der Waals surface area contributed by atoms with Gasteiger partial charge < -0.3 is 14.7 Å². The average molecular weight is 422 g/mol. The van der Waals surface area contributed by atoms with Crippen molar-refractivity contribution in [3.8, 4) is 5.75 Å². The van der Waals surface area contributed by atoms with Crippen molar-refractivity contribution in [2.24, 2.45) is 11.1 Å². The number of para-hydroxylation sites is 1. The quantitative estimate of drug-likeness (QED) is 0.681. The number of hydrogen-bond acceptors (Lipinski definition) is 5. The fraction of sp³-hybridized carbons (Fsp3) is 0.333. The fourth-order valence-electron chi connectivity index (χ4n) is 3.55. The molecule has 1 N–H and O–H groups in total. The van der Waals surface area contributed by atoms with E-state index in [1.165, 1.54) is 6.07 Å². The lowest BCUT2D eigenvalue weighted by molar-refractivity contribution is -0.148. The van der Waals surface area contributed by atoms with E-state index in [2.05, 4.69) is 5.16 Å². The number of halogens is 2. The number of esters is 1. The van der Waals surface area contributed by atoms with Gasteiger partial charge in [-0.05, 0) is 50.5 Å².